The second-order valence-electron chi connectivity index (χ2n) is 4.65. The molecule has 0 bridgehead atoms. The van der Waals surface area contributed by atoms with Crippen LogP contribution >= 0.6 is 12.2 Å². The Bertz CT molecular complexity index is 367. The molecular weight excluding hydrogens is 230 g/mol. The van der Waals surface area contributed by atoms with Gasteiger partial charge in [-0.3, -0.25) is 5.10 Å². The number of nitrogens with one attached hydrogen (secondary N) is 1. The van der Waals surface area contributed by atoms with E-state index in [-0.39, 0.29) is 0 Å². The molecule has 1 unspecified atom stereocenters. The summed E-state index contributed by atoms with van der Waals surface area (Å²) in [5, 5.41) is 7.32. The van der Waals surface area contributed by atoms with E-state index in [1.807, 2.05) is 0 Å². The zero-order chi connectivity index (χ0) is 12.7. The molecule has 0 saturated heterocycles. The summed E-state index contributed by atoms with van der Waals surface area (Å²) in [7, 11) is 0. The van der Waals surface area contributed by atoms with Crippen molar-refractivity contribution < 1.29 is 0 Å². The summed E-state index contributed by atoms with van der Waals surface area (Å²) in [6, 6.07) is 0.535. The zero-order valence-electron chi connectivity index (χ0n) is 11.3. The van der Waals surface area contributed by atoms with Gasteiger partial charge < -0.3 is 4.57 Å². The minimum absolute atomic E-state index is 0.535. The molecule has 0 aromatic carbocycles. The number of H-pyrrole nitrogens is 1. The van der Waals surface area contributed by atoms with E-state index in [0.29, 0.717) is 6.04 Å². The summed E-state index contributed by atoms with van der Waals surface area (Å²) < 4.78 is 3.06. The molecule has 0 radical (unpaired) electrons. The van der Waals surface area contributed by atoms with Gasteiger partial charge in [-0.15, -0.1) is 0 Å². The SMILES string of the molecule is CCCCC(CCC)n1c(CCC)n[nH]c1=S. The molecule has 3 nitrogen and oxygen atoms in total. The maximum atomic E-state index is 5.37. The van der Waals surface area contributed by atoms with E-state index in [1.165, 1.54) is 32.1 Å². The highest BCUT2D eigenvalue weighted by Crippen LogP contribution is 2.23. The largest absolute Gasteiger partial charge is 0.301 e. The Morgan fingerprint density at radius 3 is 2.53 bits per heavy atom. The summed E-state index contributed by atoms with van der Waals surface area (Å²) in [5.41, 5.74) is 0. The van der Waals surface area contributed by atoms with Gasteiger partial charge in [0.25, 0.3) is 0 Å². The molecule has 4 heteroatoms. The standard InChI is InChI=1S/C13H25N3S/c1-4-7-10-11(8-5-2)16-12(9-6-3)14-15-13(16)17/h11H,4-10H2,1-3H3,(H,15,17). The molecule has 1 aromatic heterocycles. The number of aromatic nitrogens is 3. The van der Waals surface area contributed by atoms with Gasteiger partial charge in [0.15, 0.2) is 4.77 Å². The fourth-order valence-electron chi connectivity index (χ4n) is 2.29. The molecule has 0 amide bonds. The second kappa shape index (κ2) is 7.64. The highest BCUT2D eigenvalue weighted by Gasteiger charge is 2.15. The van der Waals surface area contributed by atoms with E-state index in [1.54, 1.807) is 0 Å². The minimum Gasteiger partial charge on any atom is -0.301 e. The molecule has 1 aromatic rings. The van der Waals surface area contributed by atoms with Crippen LogP contribution in [0.25, 0.3) is 0 Å². The third-order valence-corrected chi connectivity index (χ3v) is 3.42. The maximum Gasteiger partial charge on any atom is 0.195 e. The van der Waals surface area contributed by atoms with Gasteiger partial charge in [0.2, 0.25) is 0 Å². The Balaban J connectivity index is 2.90. The van der Waals surface area contributed by atoms with Gasteiger partial charge in [-0.2, -0.15) is 5.10 Å². The van der Waals surface area contributed by atoms with E-state index < -0.39 is 0 Å². The topological polar surface area (TPSA) is 33.6 Å². The lowest BCUT2D eigenvalue weighted by Gasteiger charge is -2.19. The van der Waals surface area contributed by atoms with Gasteiger partial charge in [0.1, 0.15) is 5.82 Å². The fourth-order valence-corrected chi connectivity index (χ4v) is 2.59. The first-order valence-corrected chi connectivity index (χ1v) is 7.31. The molecule has 0 aliphatic carbocycles. The van der Waals surface area contributed by atoms with Crippen molar-refractivity contribution in [1.82, 2.24) is 14.8 Å². The van der Waals surface area contributed by atoms with Crippen LogP contribution in [0.3, 0.4) is 0 Å². The van der Waals surface area contributed by atoms with Crippen molar-refractivity contribution in [3.05, 3.63) is 10.6 Å². The van der Waals surface area contributed by atoms with Crippen LogP contribution in [0.15, 0.2) is 0 Å². The summed E-state index contributed by atoms with van der Waals surface area (Å²) >= 11 is 5.37. The van der Waals surface area contributed by atoms with Crippen LogP contribution in [0.4, 0.5) is 0 Å². The Morgan fingerprint density at radius 2 is 1.94 bits per heavy atom. The van der Waals surface area contributed by atoms with Crippen LogP contribution in [0.1, 0.15) is 71.2 Å². The van der Waals surface area contributed by atoms with Crippen molar-refractivity contribution in [2.75, 3.05) is 0 Å². The minimum atomic E-state index is 0.535. The van der Waals surface area contributed by atoms with Crippen LogP contribution in [0.5, 0.6) is 0 Å². The van der Waals surface area contributed by atoms with E-state index in [0.717, 1.165) is 23.4 Å². The number of aromatic amines is 1. The number of rotatable bonds is 8. The molecule has 1 N–H and O–H groups in total. The van der Waals surface area contributed by atoms with Crippen molar-refractivity contribution in [2.24, 2.45) is 0 Å². The van der Waals surface area contributed by atoms with E-state index >= 15 is 0 Å². The van der Waals surface area contributed by atoms with Gasteiger partial charge in [-0.25, -0.2) is 0 Å². The monoisotopic (exact) mass is 255 g/mol. The number of unbranched alkanes of at least 4 members (excludes halogenated alkanes) is 1. The quantitative estimate of drug-likeness (QED) is 0.697. The van der Waals surface area contributed by atoms with Gasteiger partial charge >= 0.3 is 0 Å². The van der Waals surface area contributed by atoms with Gasteiger partial charge in [0.05, 0.1) is 0 Å². The lowest BCUT2D eigenvalue weighted by Crippen LogP contribution is -2.13. The summed E-state index contributed by atoms with van der Waals surface area (Å²) in [5.74, 6) is 1.13. The molecule has 17 heavy (non-hydrogen) atoms. The van der Waals surface area contributed by atoms with Crippen LogP contribution in [0.2, 0.25) is 0 Å². The molecular formula is C13H25N3S. The average Bonchev–Trinajstić information content (AvgIpc) is 2.67. The summed E-state index contributed by atoms with van der Waals surface area (Å²) in [4.78, 5) is 0. The predicted octanol–water partition coefficient (Wildman–Crippen LogP) is 4.42. The normalized spacial score (nSPS) is 12.9. The first kappa shape index (κ1) is 14.4. The molecule has 1 rings (SSSR count). The van der Waals surface area contributed by atoms with E-state index in [9.17, 15) is 0 Å². The van der Waals surface area contributed by atoms with Crippen molar-refractivity contribution >= 4 is 12.2 Å². The molecule has 1 heterocycles. The lowest BCUT2D eigenvalue weighted by atomic mass is 10.0. The predicted molar refractivity (Wildman–Crippen MR) is 74.9 cm³/mol. The van der Waals surface area contributed by atoms with Gasteiger partial charge in [0, 0.05) is 12.5 Å². The smallest absolute Gasteiger partial charge is 0.195 e. The molecule has 0 saturated carbocycles. The molecule has 1 atom stereocenters. The maximum absolute atomic E-state index is 5.37. The third-order valence-electron chi connectivity index (χ3n) is 3.13. The fraction of sp³-hybridized carbons (Fsp3) is 0.846. The Morgan fingerprint density at radius 1 is 1.18 bits per heavy atom. The molecule has 98 valence electrons. The van der Waals surface area contributed by atoms with Gasteiger partial charge in [-0.05, 0) is 31.5 Å². The Kier molecular flexibility index (Phi) is 6.48. The van der Waals surface area contributed by atoms with Crippen molar-refractivity contribution in [1.29, 1.82) is 0 Å². The summed E-state index contributed by atoms with van der Waals surface area (Å²) in [6.07, 6.45) is 8.26. The van der Waals surface area contributed by atoms with Crippen LogP contribution < -0.4 is 0 Å². The molecule has 0 aliphatic heterocycles. The first-order chi connectivity index (χ1) is 8.24. The Labute approximate surface area is 110 Å². The highest BCUT2D eigenvalue weighted by atomic mass is 32.1. The summed E-state index contributed by atoms with van der Waals surface area (Å²) in [6.45, 7) is 6.66. The lowest BCUT2D eigenvalue weighted by molar-refractivity contribution is 0.401. The van der Waals surface area contributed by atoms with Crippen molar-refractivity contribution in [3.63, 3.8) is 0 Å². The number of aryl methyl sites for hydroxylation is 1. The number of hydrogen-bond donors (Lipinski definition) is 1. The second-order valence-corrected chi connectivity index (χ2v) is 5.04. The number of hydrogen-bond acceptors (Lipinski definition) is 2. The first-order valence-electron chi connectivity index (χ1n) is 6.90. The number of nitrogens with zero attached hydrogens (tertiary/aromatic N) is 2. The van der Waals surface area contributed by atoms with Crippen molar-refractivity contribution in [2.45, 2.75) is 71.8 Å². The third kappa shape index (κ3) is 3.95. The van der Waals surface area contributed by atoms with Crippen LogP contribution in [-0.4, -0.2) is 14.8 Å². The van der Waals surface area contributed by atoms with Gasteiger partial charge in [-0.1, -0.05) is 40.0 Å². The van der Waals surface area contributed by atoms with Crippen LogP contribution in [0, 0.1) is 4.77 Å². The van der Waals surface area contributed by atoms with Crippen molar-refractivity contribution in [3.8, 4) is 0 Å². The average molecular weight is 255 g/mol. The molecule has 0 spiro atoms. The zero-order valence-corrected chi connectivity index (χ0v) is 12.1. The van der Waals surface area contributed by atoms with E-state index in [4.69, 9.17) is 12.2 Å². The molecule has 0 fully saturated rings. The highest BCUT2D eigenvalue weighted by molar-refractivity contribution is 7.71. The van der Waals surface area contributed by atoms with Crippen LogP contribution in [-0.2, 0) is 6.42 Å². The van der Waals surface area contributed by atoms with E-state index in [2.05, 4.69) is 35.5 Å². The Hall–Kier alpha value is -0.640. The molecule has 0 aliphatic rings.